The summed E-state index contributed by atoms with van der Waals surface area (Å²) in [7, 11) is 0. The predicted octanol–water partition coefficient (Wildman–Crippen LogP) is 2.17. The van der Waals surface area contributed by atoms with E-state index in [2.05, 4.69) is 5.32 Å². The van der Waals surface area contributed by atoms with E-state index in [0.717, 1.165) is 12.1 Å². The molecule has 0 radical (unpaired) electrons. The van der Waals surface area contributed by atoms with Crippen LogP contribution in [-0.4, -0.2) is 36.5 Å². The molecule has 20 heavy (non-hydrogen) atoms. The van der Waals surface area contributed by atoms with Crippen molar-refractivity contribution in [3.05, 3.63) is 35.1 Å². The smallest absolute Gasteiger partial charge is 0.257 e. The van der Waals surface area contributed by atoms with Gasteiger partial charge in [0.05, 0.1) is 5.56 Å². The summed E-state index contributed by atoms with van der Waals surface area (Å²) in [5, 5.41) is 3.27. The van der Waals surface area contributed by atoms with E-state index >= 15 is 0 Å². The van der Waals surface area contributed by atoms with Crippen molar-refractivity contribution < 1.29 is 18.0 Å². The summed E-state index contributed by atoms with van der Waals surface area (Å²) in [6.45, 7) is 5.48. The Balaban J connectivity index is 2.21. The van der Waals surface area contributed by atoms with E-state index in [4.69, 9.17) is 0 Å². The van der Waals surface area contributed by atoms with Crippen molar-refractivity contribution in [3.8, 4) is 0 Å². The first-order chi connectivity index (χ1) is 9.41. The number of nitrogens with one attached hydrogen (secondary N) is 1. The normalized spacial score (nSPS) is 19.5. The summed E-state index contributed by atoms with van der Waals surface area (Å²) in [6, 6.07) is 1.87. The number of nitrogens with zero attached hydrogens (tertiary/aromatic N) is 1. The molecule has 0 saturated carbocycles. The van der Waals surface area contributed by atoms with Crippen LogP contribution in [0.2, 0.25) is 0 Å². The van der Waals surface area contributed by atoms with Crippen molar-refractivity contribution in [2.45, 2.75) is 19.9 Å². The highest BCUT2D eigenvalue weighted by Gasteiger charge is 2.28. The molecule has 1 aromatic rings. The Bertz CT molecular complexity index is 519. The minimum absolute atomic E-state index is 0.112. The predicted molar refractivity (Wildman–Crippen MR) is 68.8 cm³/mol. The molecule has 6 heteroatoms. The SMILES string of the molecule is CC(C)C1CN(C(=O)c2ccc(F)c(F)c2F)CCN1. The molecule has 0 bridgehead atoms. The largest absolute Gasteiger partial charge is 0.336 e. The van der Waals surface area contributed by atoms with E-state index in [1.807, 2.05) is 13.8 Å². The van der Waals surface area contributed by atoms with Gasteiger partial charge in [0.2, 0.25) is 0 Å². The molecule has 1 aliphatic heterocycles. The third-order valence-electron chi connectivity index (χ3n) is 3.56. The molecule has 1 atom stereocenters. The third kappa shape index (κ3) is 2.80. The van der Waals surface area contributed by atoms with Gasteiger partial charge in [-0.1, -0.05) is 13.8 Å². The maximum absolute atomic E-state index is 13.6. The second kappa shape index (κ2) is 5.83. The Morgan fingerprint density at radius 3 is 2.65 bits per heavy atom. The molecule has 110 valence electrons. The zero-order valence-electron chi connectivity index (χ0n) is 11.4. The maximum Gasteiger partial charge on any atom is 0.257 e. The molecule has 0 aromatic heterocycles. The van der Waals surface area contributed by atoms with Crippen LogP contribution in [0, 0.1) is 23.4 Å². The van der Waals surface area contributed by atoms with Crippen molar-refractivity contribution in [1.82, 2.24) is 10.2 Å². The first-order valence-electron chi connectivity index (χ1n) is 6.58. The summed E-state index contributed by atoms with van der Waals surface area (Å²) in [4.78, 5) is 13.7. The van der Waals surface area contributed by atoms with Crippen LogP contribution in [0.3, 0.4) is 0 Å². The van der Waals surface area contributed by atoms with Crippen LogP contribution in [0.1, 0.15) is 24.2 Å². The van der Waals surface area contributed by atoms with Crippen molar-refractivity contribution in [2.75, 3.05) is 19.6 Å². The number of carbonyl (C=O) groups is 1. The van der Waals surface area contributed by atoms with Gasteiger partial charge in [-0.25, -0.2) is 13.2 Å². The van der Waals surface area contributed by atoms with Crippen molar-refractivity contribution in [3.63, 3.8) is 0 Å². The molecule has 0 spiro atoms. The Labute approximate surface area is 115 Å². The zero-order valence-corrected chi connectivity index (χ0v) is 11.4. The average Bonchev–Trinajstić information content (AvgIpc) is 2.44. The first-order valence-corrected chi connectivity index (χ1v) is 6.58. The van der Waals surface area contributed by atoms with Crippen LogP contribution in [0.4, 0.5) is 13.2 Å². The Kier molecular flexibility index (Phi) is 4.32. The number of benzene rings is 1. The average molecular weight is 286 g/mol. The van der Waals surface area contributed by atoms with E-state index in [1.165, 1.54) is 4.90 Å². The van der Waals surface area contributed by atoms with Gasteiger partial charge in [-0.2, -0.15) is 0 Å². The van der Waals surface area contributed by atoms with Crippen LogP contribution >= 0.6 is 0 Å². The molecule has 1 aromatic carbocycles. The van der Waals surface area contributed by atoms with Gasteiger partial charge in [0.25, 0.3) is 5.91 Å². The molecule has 0 aliphatic carbocycles. The summed E-state index contributed by atoms with van der Waals surface area (Å²) < 4.78 is 39.7. The van der Waals surface area contributed by atoms with Crippen LogP contribution < -0.4 is 5.32 Å². The minimum Gasteiger partial charge on any atom is -0.336 e. The van der Waals surface area contributed by atoms with Gasteiger partial charge >= 0.3 is 0 Å². The van der Waals surface area contributed by atoms with Crippen molar-refractivity contribution >= 4 is 5.91 Å². The number of hydrogen-bond acceptors (Lipinski definition) is 2. The Hall–Kier alpha value is -1.56. The number of hydrogen-bond donors (Lipinski definition) is 1. The molecule has 1 aliphatic rings. The number of piperazine rings is 1. The number of rotatable bonds is 2. The molecule has 1 unspecified atom stereocenters. The fourth-order valence-electron chi connectivity index (χ4n) is 2.27. The Morgan fingerprint density at radius 2 is 2.00 bits per heavy atom. The standard InChI is InChI=1S/C14H17F3N2O/c1-8(2)11-7-19(6-5-18-11)14(20)9-3-4-10(15)13(17)12(9)16/h3-4,8,11,18H,5-7H2,1-2H3. The number of halogens is 3. The molecular weight excluding hydrogens is 269 g/mol. The van der Waals surface area contributed by atoms with E-state index in [9.17, 15) is 18.0 Å². The maximum atomic E-state index is 13.6. The lowest BCUT2D eigenvalue weighted by molar-refractivity contribution is 0.0677. The zero-order chi connectivity index (χ0) is 14.9. The molecule has 1 heterocycles. The van der Waals surface area contributed by atoms with Crippen LogP contribution in [-0.2, 0) is 0 Å². The molecule has 1 N–H and O–H groups in total. The lowest BCUT2D eigenvalue weighted by Gasteiger charge is -2.35. The number of amides is 1. The van der Waals surface area contributed by atoms with Crippen LogP contribution in [0.15, 0.2) is 12.1 Å². The highest BCUT2D eigenvalue weighted by atomic mass is 19.2. The van der Waals surface area contributed by atoms with Crippen LogP contribution in [0.25, 0.3) is 0 Å². The quantitative estimate of drug-likeness (QED) is 0.845. The highest BCUT2D eigenvalue weighted by Crippen LogP contribution is 2.18. The second-order valence-electron chi connectivity index (χ2n) is 5.28. The fourth-order valence-corrected chi connectivity index (χ4v) is 2.27. The van der Waals surface area contributed by atoms with Gasteiger partial charge in [-0.3, -0.25) is 4.79 Å². The van der Waals surface area contributed by atoms with E-state index in [1.54, 1.807) is 0 Å². The number of carbonyl (C=O) groups excluding carboxylic acids is 1. The van der Waals surface area contributed by atoms with Crippen LogP contribution in [0.5, 0.6) is 0 Å². The molecule has 1 saturated heterocycles. The summed E-state index contributed by atoms with van der Waals surface area (Å²) in [5.74, 6) is -4.60. The van der Waals surface area contributed by atoms with Crippen molar-refractivity contribution in [1.29, 1.82) is 0 Å². The van der Waals surface area contributed by atoms with E-state index in [0.29, 0.717) is 25.6 Å². The highest BCUT2D eigenvalue weighted by molar-refractivity contribution is 5.94. The third-order valence-corrected chi connectivity index (χ3v) is 3.56. The summed E-state index contributed by atoms with van der Waals surface area (Å²) in [5.41, 5.74) is -0.423. The van der Waals surface area contributed by atoms with Crippen molar-refractivity contribution in [2.24, 2.45) is 5.92 Å². The molecule has 3 nitrogen and oxygen atoms in total. The molecule has 1 fully saturated rings. The summed E-state index contributed by atoms with van der Waals surface area (Å²) in [6.07, 6.45) is 0. The van der Waals surface area contributed by atoms with E-state index in [-0.39, 0.29) is 6.04 Å². The molecular formula is C14H17F3N2O. The summed E-state index contributed by atoms with van der Waals surface area (Å²) >= 11 is 0. The topological polar surface area (TPSA) is 32.3 Å². The van der Waals surface area contributed by atoms with Gasteiger partial charge < -0.3 is 10.2 Å². The molecule has 2 rings (SSSR count). The van der Waals surface area contributed by atoms with Gasteiger partial charge in [0.1, 0.15) is 0 Å². The Morgan fingerprint density at radius 1 is 1.30 bits per heavy atom. The second-order valence-corrected chi connectivity index (χ2v) is 5.28. The lowest BCUT2D eigenvalue weighted by atomic mass is 10.0. The van der Waals surface area contributed by atoms with Gasteiger partial charge in [0.15, 0.2) is 17.5 Å². The monoisotopic (exact) mass is 286 g/mol. The molecule has 1 amide bonds. The van der Waals surface area contributed by atoms with Gasteiger partial charge in [0, 0.05) is 25.7 Å². The lowest BCUT2D eigenvalue weighted by Crippen LogP contribution is -2.54. The minimum atomic E-state index is -1.61. The first kappa shape index (κ1) is 14.8. The van der Waals surface area contributed by atoms with E-state index < -0.39 is 28.9 Å². The van der Waals surface area contributed by atoms with Gasteiger partial charge in [-0.15, -0.1) is 0 Å². The fraction of sp³-hybridized carbons (Fsp3) is 0.500. The van der Waals surface area contributed by atoms with Gasteiger partial charge in [-0.05, 0) is 18.1 Å².